The fraction of sp³-hybridized carbons (Fsp3) is 0.400. The summed E-state index contributed by atoms with van der Waals surface area (Å²) >= 11 is 5.79. The highest BCUT2D eigenvalue weighted by Crippen LogP contribution is 2.15. The molecule has 2 rings (SSSR count). The van der Waals surface area contributed by atoms with Gasteiger partial charge in [-0.1, -0.05) is 11.6 Å². The van der Waals surface area contributed by atoms with Gasteiger partial charge in [0.2, 0.25) is 0 Å². The van der Waals surface area contributed by atoms with Crippen LogP contribution in [0.1, 0.15) is 6.42 Å². The number of benzene rings is 1. The summed E-state index contributed by atoms with van der Waals surface area (Å²) < 4.78 is 0. The van der Waals surface area contributed by atoms with Gasteiger partial charge in [0.05, 0.1) is 0 Å². The van der Waals surface area contributed by atoms with E-state index < -0.39 is 0 Å². The van der Waals surface area contributed by atoms with Crippen molar-refractivity contribution < 1.29 is 0 Å². The molecule has 70 valence electrons. The van der Waals surface area contributed by atoms with Gasteiger partial charge in [-0.3, -0.25) is 0 Å². The fourth-order valence-corrected chi connectivity index (χ4v) is 1.69. The molecule has 0 spiro atoms. The average molecular weight is 197 g/mol. The van der Waals surface area contributed by atoms with E-state index in [1.54, 1.807) is 0 Å². The Morgan fingerprint density at radius 1 is 1.31 bits per heavy atom. The summed E-state index contributed by atoms with van der Waals surface area (Å²) in [5.74, 6) is 0. The van der Waals surface area contributed by atoms with Crippen LogP contribution in [0.3, 0.4) is 0 Å². The highest BCUT2D eigenvalue weighted by molar-refractivity contribution is 6.30. The Kier molecular flexibility index (Phi) is 2.71. The normalized spacial score (nSPS) is 21.8. The molecule has 0 unspecified atom stereocenters. The zero-order chi connectivity index (χ0) is 9.10. The zero-order valence-electron chi connectivity index (χ0n) is 7.39. The second-order valence-corrected chi connectivity index (χ2v) is 3.78. The molecule has 0 aliphatic carbocycles. The summed E-state index contributed by atoms with van der Waals surface area (Å²) in [6, 6.07) is 8.42. The molecular weight excluding hydrogens is 184 g/mol. The molecule has 0 bridgehead atoms. The number of hydrogen-bond donors (Lipinski definition) is 2. The van der Waals surface area contributed by atoms with E-state index in [4.69, 9.17) is 11.6 Å². The van der Waals surface area contributed by atoms with Crippen molar-refractivity contribution in [1.82, 2.24) is 5.32 Å². The number of halogens is 1. The molecule has 1 atom stereocenters. The molecule has 1 fully saturated rings. The maximum absolute atomic E-state index is 5.79. The van der Waals surface area contributed by atoms with Gasteiger partial charge in [-0.25, -0.2) is 0 Å². The Morgan fingerprint density at radius 2 is 2.08 bits per heavy atom. The minimum absolute atomic E-state index is 0.571. The summed E-state index contributed by atoms with van der Waals surface area (Å²) in [7, 11) is 0. The Labute approximate surface area is 83.3 Å². The summed E-state index contributed by atoms with van der Waals surface area (Å²) in [6.07, 6.45) is 1.20. The first-order valence-electron chi connectivity index (χ1n) is 4.57. The number of hydrogen-bond acceptors (Lipinski definition) is 2. The first kappa shape index (κ1) is 8.85. The molecular formula is C10H13ClN2. The van der Waals surface area contributed by atoms with E-state index in [0.29, 0.717) is 6.04 Å². The predicted molar refractivity (Wildman–Crippen MR) is 56.3 cm³/mol. The van der Waals surface area contributed by atoms with Crippen molar-refractivity contribution in [2.24, 2.45) is 0 Å². The molecule has 2 nitrogen and oxygen atoms in total. The van der Waals surface area contributed by atoms with Crippen molar-refractivity contribution in [3.63, 3.8) is 0 Å². The summed E-state index contributed by atoms with van der Waals surface area (Å²) in [5, 5.41) is 7.55. The van der Waals surface area contributed by atoms with Crippen LogP contribution in [0.2, 0.25) is 5.02 Å². The number of rotatable bonds is 2. The van der Waals surface area contributed by atoms with Gasteiger partial charge in [0.25, 0.3) is 0 Å². The molecule has 1 aliphatic heterocycles. The van der Waals surface area contributed by atoms with E-state index >= 15 is 0 Å². The largest absolute Gasteiger partial charge is 0.381 e. The van der Waals surface area contributed by atoms with Crippen molar-refractivity contribution >= 4 is 17.3 Å². The van der Waals surface area contributed by atoms with Gasteiger partial charge < -0.3 is 10.6 Å². The first-order valence-corrected chi connectivity index (χ1v) is 4.95. The van der Waals surface area contributed by atoms with Crippen LogP contribution in [0.25, 0.3) is 0 Å². The molecule has 0 amide bonds. The SMILES string of the molecule is Clc1ccc(N[C@@H]2CCNC2)cc1. The van der Waals surface area contributed by atoms with Gasteiger partial charge in [0.1, 0.15) is 0 Å². The lowest BCUT2D eigenvalue weighted by Crippen LogP contribution is -2.21. The van der Waals surface area contributed by atoms with Crippen LogP contribution in [-0.2, 0) is 0 Å². The van der Waals surface area contributed by atoms with Gasteiger partial charge in [-0.05, 0) is 37.2 Å². The van der Waals surface area contributed by atoms with Crippen molar-refractivity contribution in [2.75, 3.05) is 18.4 Å². The Bertz CT molecular complexity index is 265. The first-order chi connectivity index (χ1) is 6.34. The zero-order valence-corrected chi connectivity index (χ0v) is 8.14. The highest BCUT2D eigenvalue weighted by Gasteiger charge is 2.13. The molecule has 0 aromatic heterocycles. The molecule has 13 heavy (non-hydrogen) atoms. The predicted octanol–water partition coefficient (Wildman–Crippen LogP) is 2.11. The van der Waals surface area contributed by atoms with E-state index in [-0.39, 0.29) is 0 Å². The third-order valence-corrected chi connectivity index (χ3v) is 2.53. The van der Waals surface area contributed by atoms with Crippen molar-refractivity contribution in [3.8, 4) is 0 Å². The van der Waals surface area contributed by atoms with Crippen molar-refractivity contribution in [3.05, 3.63) is 29.3 Å². The molecule has 0 radical (unpaired) electrons. The Hall–Kier alpha value is -0.730. The molecule has 2 N–H and O–H groups in total. The van der Waals surface area contributed by atoms with E-state index in [1.807, 2.05) is 24.3 Å². The smallest absolute Gasteiger partial charge is 0.0407 e. The summed E-state index contributed by atoms with van der Waals surface area (Å²) in [5.41, 5.74) is 1.15. The Morgan fingerprint density at radius 3 is 2.69 bits per heavy atom. The lowest BCUT2D eigenvalue weighted by molar-refractivity contribution is 0.793. The maximum atomic E-state index is 5.79. The topological polar surface area (TPSA) is 24.1 Å². The second-order valence-electron chi connectivity index (χ2n) is 3.34. The van der Waals surface area contributed by atoms with Crippen molar-refractivity contribution in [1.29, 1.82) is 0 Å². The lowest BCUT2D eigenvalue weighted by atomic mass is 10.2. The molecule has 1 heterocycles. The number of nitrogens with one attached hydrogen (secondary N) is 2. The molecule has 1 saturated heterocycles. The van der Waals surface area contributed by atoms with Crippen molar-refractivity contribution in [2.45, 2.75) is 12.5 Å². The van der Waals surface area contributed by atoms with Gasteiger partial charge in [-0.15, -0.1) is 0 Å². The molecule has 0 saturated carbocycles. The monoisotopic (exact) mass is 196 g/mol. The second kappa shape index (κ2) is 3.99. The average Bonchev–Trinajstić information content (AvgIpc) is 2.62. The standard InChI is InChI=1S/C10H13ClN2/c11-8-1-3-9(4-2-8)13-10-5-6-12-7-10/h1-4,10,12-13H,5-7H2/t10-/m1/s1. The van der Waals surface area contributed by atoms with Gasteiger partial charge in [-0.2, -0.15) is 0 Å². The maximum Gasteiger partial charge on any atom is 0.0407 e. The van der Waals surface area contributed by atoms with Gasteiger partial charge in [0, 0.05) is 23.3 Å². The van der Waals surface area contributed by atoms with Crippen LogP contribution in [0.4, 0.5) is 5.69 Å². The van der Waals surface area contributed by atoms with Crippen LogP contribution in [-0.4, -0.2) is 19.1 Å². The van der Waals surface area contributed by atoms with E-state index in [0.717, 1.165) is 23.8 Å². The summed E-state index contributed by atoms with van der Waals surface area (Å²) in [4.78, 5) is 0. The van der Waals surface area contributed by atoms with E-state index in [1.165, 1.54) is 6.42 Å². The van der Waals surface area contributed by atoms with E-state index in [2.05, 4.69) is 10.6 Å². The minimum Gasteiger partial charge on any atom is -0.381 e. The third kappa shape index (κ3) is 2.36. The molecule has 1 aromatic rings. The quantitative estimate of drug-likeness (QED) is 0.757. The van der Waals surface area contributed by atoms with Crippen LogP contribution < -0.4 is 10.6 Å². The van der Waals surface area contributed by atoms with Crippen LogP contribution in [0.15, 0.2) is 24.3 Å². The Balaban J connectivity index is 1.97. The molecule has 1 aliphatic rings. The van der Waals surface area contributed by atoms with Crippen LogP contribution in [0, 0.1) is 0 Å². The highest BCUT2D eigenvalue weighted by atomic mass is 35.5. The molecule has 1 aromatic carbocycles. The van der Waals surface area contributed by atoms with E-state index in [9.17, 15) is 0 Å². The van der Waals surface area contributed by atoms with Crippen LogP contribution >= 0.6 is 11.6 Å². The fourth-order valence-electron chi connectivity index (χ4n) is 1.56. The lowest BCUT2D eigenvalue weighted by Gasteiger charge is -2.12. The van der Waals surface area contributed by atoms with Gasteiger partial charge in [0.15, 0.2) is 0 Å². The number of anilines is 1. The minimum atomic E-state index is 0.571. The van der Waals surface area contributed by atoms with Crippen LogP contribution in [0.5, 0.6) is 0 Å². The summed E-state index contributed by atoms with van der Waals surface area (Å²) in [6.45, 7) is 2.17. The third-order valence-electron chi connectivity index (χ3n) is 2.28. The van der Waals surface area contributed by atoms with Gasteiger partial charge >= 0.3 is 0 Å². The molecule has 3 heteroatoms.